The summed E-state index contributed by atoms with van der Waals surface area (Å²) in [6, 6.07) is 13.1. The van der Waals surface area contributed by atoms with Gasteiger partial charge in [0.25, 0.3) is 5.56 Å². The number of halogens is 1. The Morgan fingerprint density at radius 2 is 1.96 bits per heavy atom. The molecule has 0 bridgehead atoms. The molecule has 2 aromatic carbocycles. The van der Waals surface area contributed by atoms with Crippen LogP contribution in [0.2, 0.25) is 0 Å². The van der Waals surface area contributed by atoms with E-state index in [0.29, 0.717) is 16.7 Å². The first-order valence-electron chi connectivity index (χ1n) is 7.07. The Balaban J connectivity index is 2.02. The summed E-state index contributed by atoms with van der Waals surface area (Å²) in [4.78, 5) is 16.9. The lowest BCUT2D eigenvalue weighted by Crippen LogP contribution is -2.20. The van der Waals surface area contributed by atoms with Crippen LogP contribution >= 0.6 is 15.9 Å². The van der Waals surface area contributed by atoms with E-state index in [9.17, 15) is 4.79 Å². The third-order valence-electron chi connectivity index (χ3n) is 3.62. The molecule has 0 spiro atoms. The average Bonchev–Trinajstić information content (AvgIpc) is 2.57. The van der Waals surface area contributed by atoms with Crippen molar-refractivity contribution in [1.82, 2.24) is 9.55 Å². The van der Waals surface area contributed by atoms with Crippen molar-refractivity contribution in [1.29, 1.82) is 0 Å². The van der Waals surface area contributed by atoms with Crippen LogP contribution in [0.25, 0.3) is 23.1 Å². The highest BCUT2D eigenvalue weighted by atomic mass is 79.9. The molecule has 3 rings (SSSR count). The normalized spacial score (nSPS) is 11.3. The second-order valence-electron chi connectivity index (χ2n) is 5.08. The van der Waals surface area contributed by atoms with Gasteiger partial charge in [-0.15, -0.1) is 0 Å². The van der Waals surface area contributed by atoms with E-state index in [1.165, 1.54) is 0 Å². The van der Waals surface area contributed by atoms with Gasteiger partial charge in [-0.05, 0) is 51.8 Å². The number of methoxy groups -OCH3 is 1. The van der Waals surface area contributed by atoms with Crippen LogP contribution in [0.1, 0.15) is 11.4 Å². The van der Waals surface area contributed by atoms with E-state index >= 15 is 0 Å². The van der Waals surface area contributed by atoms with Gasteiger partial charge in [0, 0.05) is 7.05 Å². The molecule has 0 atom stereocenters. The molecule has 0 aliphatic heterocycles. The maximum Gasteiger partial charge on any atom is 0.261 e. The number of ether oxygens (including phenoxy) is 1. The van der Waals surface area contributed by atoms with Gasteiger partial charge in [0.05, 0.1) is 22.5 Å². The second kappa shape index (κ2) is 6.38. The number of nitrogens with zero attached hydrogens (tertiary/aromatic N) is 2. The Kier molecular flexibility index (Phi) is 4.30. The molecular weight excluding hydrogens is 356 g/mol. The first-order valence-corrected chi connectivity index (χ1v) is 7.87. The summed E-state index contributed by atoms with van der Waals surface area (Å²) >= 11 is 3.46. The lowest BCUT2D eigenvalue weighted by molar-refractivity contribution is 0.412. The maximum atomic E-state index is 12.4. The molecule has 0 radical (unpaired) electrons. The third kappa shape index (κ3) is 3.05. The standard InChI is InChI=1S/C18H15BrN2O2/c1-21-17(20-15-6-4-3-5-13(15)18(21)22)10-8-12-7-9-16(23-2)14(19)11-12/h3-11H,1-2H3/b10-8+. The summed E-state index contributed by atoms with van der Waals surface area (Å²) in [5, 5.41) is 0.624. The van der Waals surface area contributed by atoms with Crippen molar-refractivity contribution >= 4 is 39.0 Å². The highest BCUT2D eigenvalue weighted by molar-refractivity contribution is 9.10. The number of hydrogen-bond acceptors (Lipinski definition) is 3. The average molecular weight is 371 g/mol. The number of rotatable bonds is 3. The predicted octanol–water partition coefficient (Wildman–Crippen LogP) is 3.88. The van der Waals surface area contributed by atoms with Gasteiger partial charge >= 0.3 is 0 Å². The van der Waals surface area contributed by atoms with E-state index in [0.717, 1.165) is 15.8 Å². The van der Waals surface area contributed by atoms with Crippen LogP contribution in [-0.4, -0.2) is 16.7 Å². The highest BCUT2D eigenvalue weighted by Crippen LogP contribution is 2.26. The van der Waals surface area contributed by atoms with Crippen LogP contribution < -0.4 is 10.3 Å². The fourth-order valence-electron chi connectivity index (χ4n) is 2.34. The summed E-state index contributed by atoms with van der Waals surface area (Å²) in [5.41, 5.74) is 1.64. The van der Waals surface area contributed by atoms with Crippen molar-refractivity contribution in [2.45, 2.75) is 0 Å². The Labute approximate surface area is 142 Å². The van der Waals surface area contributed by atoms with E-state index in [4.69, 9.17) is 4.74 Å². The molecule has 0 saturated carbocycles. The van der Waals surface area contributed by atoms with Gasteiger partial charge in [-0.2, -0.15) is 0 Å². The van der Waals surface area contributed by atoms with Crippen molar-refractivity contribution in [3.63, 3.8) is 0 Å². The Bertz CT molecular complexity index is 961. The van der Waals surface area contributed by atoms with Gasteiger partial charge in [0.2, 0.25) is 0 Å². The summed E-state index contributed by atoms with van der Waals surface area (Å²) in [7, 11) is 3.36. The Hall–Kier alpha value is -2.40. The van der Waals surface area contributed by atoms with E-state index in [-0.39, 0.29) is 5.56 Å². The summed E-state index contributed by atoms with van der Waals surface area (Å²) in [6.45, 7) is 0. The minimum absolute atomic E-state index is 0.0499. The molecule has 0 fully saturated rings. The van der Waals surface area contributed by atoms with Crippen molar-refractivity contribution in [2.24, 2.45) is 7.05 Å². The topological polar surface area (TPSA) is 44.1 Å². The minimum Gasteiger partial charge on any atom is -0.496 e. The molecule has 3 aromatic rings. The Morgan fingerprint density at radius 1 is 1.17 bits per heavy atom. The van der Waals surface area contributed by atoms with Gasteiger partial charge < -0.3 is 4.74 Å². The largest absolute Gasteiger partial charge is 0.496 e. The molecular formula is C18H15BrN2O2. The van der Waals surface area contributed by atoms with E-state index in [1.54, 1.807) is 24.8 Å². The highest BCUT2D eigenvalue weighted by Gasteiger charge is 2.05. The molecule has 0 saturated heterocycles. The maximum absolute atomic E-state index is 12.4. The first kappa shape index (κ1) is 15.5. The van der Waals surface area contributed by atoms with Crippen molar-refractivity contribution in [3.05, 3.63) is 68.7 Å². The molecule has 1 heterocycles. The molecule has 4 nitrogen and oxygen atoms in total. The zero-order valence-electron chi connectivity index (χ0n) is 12.8. The molecule has 116 valence electrons. The van der Waals surface area contributed by atoms with Crippen molar-refractivity contribution in [3.8, 4) is 5.75 Å². The predicted molar refractivity (Wildman–Crippen MR) is 96.6 cm³/mol. The van der Waals surface area contributed by atoms with Gasteiger partial charge in [-0.25, -0.2) is 4.98 Å². The smallest absolute Gasteiger partial charge is 0.261 e. The summed E-state index contributed by atoms with van der Waals surface area (Å²) in [6.07, 6.45) is 3.75. The number of para-hydroxylation sites is 1. The summed E-state index contributed by atoms with van der Waals surface area (Å²) in [5.74, 6) is 1.39. The fourth-order valence-corrected chi connectivity index (χ4v) is 2.90. The van der Waals surface area contributed by atoms with Crippen molar-refractivity contribution < 1.29 is 4.74 Å². The number of aromatic nitrogens is 2. The number of hydrogen-bond donors (Lipinski definition) is 0. The Morgan fingerprint density at radius 3 is 2.70 bits per heavy atom. The van der Waals surface area contributed by atoms with E-state index in [2.05, 4.69) is 20.9 Å². The second-order valence-corrected chi connectivity index (χ2v) is 5.93. The molecule has 5 heteroatoms. The SMILES string of the molecule is COc1ccc(/C=C/c2nc3ccccc3c(=O)n2C)cc1Br. The molecule has 0 unspecified atom stereocenters. The van der Waals surface area contributed by atoms with Gasteiger partial charge in [-0.1, -0.05) is 24.3 Å². The molecule has 1 aromatic heterocycles. The van der Waals surface area contributed by atoms with Crippen LogP contribution in [0.4, 0.5) is 0 Å². The first-order chi connectivity index (χ1) is 11.1. The molecule has 0 N–H and O–H groups in total. The van der Waals surface area contributed by atoms with Crippen LogP contribution in [0.5, 0.6) is 5.75 Å². The third-order valence-corrected chi connectivity index (χ3v) is 4.24. The quantitative estimate of drug-likeness (QED) is 0.702. The number of fused-ring (bicyclic) bond motifs is 1. The fraction of sp³-hybridized carbons (Fsp3) is 0.111. The minimum atomic E-state index is -0.0499. The van der Waals surface area contributed by atoms with E-state index < -0.39 is 0 Å². The molecule has 23 heavy (non-hydrogen) atoms. The lowest BCUT2D eigenvalue weighted by Gasteiger charge is -2.06. The number of benzene rings is 2. The zero-order valence-corrected chi connectivity index (χ0v) is 14.4. The van der Waals surface area contributed by atoms with Gasteiger partial charge in [0.15, 0.2) is 0 Å². The van der Waals surface area contributed by atoms with Crippen LogP contribution in [0.3, 0.4) is 0 Å². The van der Waals surface area contributed by atoms with E-state index in [1.807, 2.05) is 48.6 Å². The van der Waals surface area contributed by atoms with Crippen LogP contribution in [-0.2, 0) is 7.05 Å². The zero-order chi connectivity index (χ0) is 16.4. The molecule has 0 aliphatic carbocycles. The summed E-state index contributed by atoms with van der Waals surface area (Å²) < 4.78 is 7.65. The van der Waals surface area contributed by atoms with Crippen molar-refractivity contribution in [2.75, 3.05) is 7.11 Å². The van der Waals surface area contributed by atoms with Crippen LogP contribution in [0, 0.1) is 0 Å². The van der Waals surface area contributed by atoms with Gasteiger partial charge in [0.1, 0.15) is 11.6 Å². The lowest BCUT2D eigenvalue weighted by atomic mass is 10.2. The van der Waals surface area contributed by atoms with Gasteiger partial charge in [-0.3, -0.25) is 9.36 Å². The van der Waals surface area contributed by atoms with Crippen LogP contribution in [0.15, 0.2) is 51.7 Å². The monoisotopic (exact) mass is 370 g/mol. The molecule has 0 amide bonds. The molecule has 0 aliphatic rings.